The van der Waals surface area contributed by atoms with E-state index in [0.717, 1.165) is 33.3 Å². The number of anilines is 3. The molecule has 6 aromatic carbocycles. The average molecular weight is 640 g/mol. The van der Waals surface area contributed by atoms with Crippen LogP contribution in [0.25, 0.3) is 44.2 Å². The molecular formula is C47H45NO. The van der Waals surface area contributed by atoms with Gasteiger partial charge >= 0.3 is 0 Å². The summed E-state index contributed by atoms with van der Waals surface area (Å²) in [5, 5.41) is 2.28. The number of hydrogen-bond donors (Lipinski definition) is 0. The molecule has 0 N–H and O–H groups in total. The highest BCUT2D eigenvalue weighted by molar-refractivity contribution is 6.06. The highest BCUT2D eigenvalue weighted by Gasteiger charge is 2.40. The Labute approximate surface area is 291 Å². The summed E-state index contributed by atoms with van der Waals surface area (Å²) in [6.07, 6.45) is 0. The van der Waals surface area contributed by atoms with Crippen molar-refractivity contribution in [3.8, 4) is 22.3 Å². The van der Waals surface area contributed by atoms with E-state index < -0.39 is 0 Å². The van der Waals surface area contributed by atoms with Crippen molar-refractivity contribution < 1.29 is 4.42 Å². The van der Waals surface area contributed by atoms with Crippen LogP contribution in [0.15, 0.2) is 132 Å². The van der Waals surface area contributed by atoms with Crippen LogP contribution in [0.3, 0.4) is 0 Å². The van der Waals surface area contributed by atoms with E-state index in [4.69, 9.17) is 4.42 Å². The Morgan fingerprint density at radius 1 is 0.510 bits per heavy atom. The number of benzene rings is 6. The molecule has 0 saturated heterocycles. The normalized spacial score (nSPS) is 13.9. The maximum Gasteiger partial charge on any atom is 0.137 e. The number of fused-ring (bicyclic) bond motifs is 6. The van der Waals surface area contributed by atoms with E-state index in [1.165, 1.54) is 50.2 Å². The second kappa shape index (κ2) is 11.0. The monoisotopic (exact) mass is 639 g/mol. The molecule has 1 aliphatic carbocycles. The molecule has 0 saturated carbocycles. The van der Waals surface area contributed by atoms with Gasteiger partial charge in [-0.25, -0.2) is 0 Å². The Bertz CT molecular complexity index is 2360. The summed E-state index contributed by atoms with van der Waals surface area (Å²) < 4.78 is 6.47. The van der Waals surface area contributed by atoms with Gasteiger partial charge in [-0.05, 0) is 86.2 Å². The van der Waals surface area contributed by atoms with Crippen molar-refractivity contribution in [3.63, 3.8) is 0 Å². The van der Waals surface area contributed by atoms with Crippen molar-refractivity contribution in [1.82, 2.24) is 0 Å². The lowest BCUT2D eigenvalue weighted by Gasteiger charge is -2.32. The summed E-state index contributed by atoms with van der Waals surface area (Å²) in [4.78, 5) is 2.46. The molecule has 0 fully saturated rings. The fourth-order valence-corrected chi connectivity index (χ4v) is 7.62. The number of rotatable bonds is 4. The SMILES string of the molecule is CC(C)(C)c1ccc2c(c1)C(C)(C)c1cc(C(C)(C)C)cc(N(c3ccc(-c4ccccc4)cc3)c3ccc4c(c3)oc3ccccc34)c1-2. The quantitative estimate of drug-likeness (QED) is 0.191. The van der Waals surface area contributed by atoms with Gasteiger partial charge < -0.3 is 9.32 Å². The Hall–Kier alpha value is -5.08. The summed E-state index contributed by atoms with van der Waals surface area (Å²) in [7, 11) is 0. The molecule has 244 valence electrons. The molecule has 1 aromatic heterocycles. The maximum atomic E-state index is 6.47. The Balaban J connectivity index is 1.41. The van der Waals surface area contributed by atoms with Gasteiger partial charge in [-0.2, -0.15) is 0 Å². The van der Waals surface area contributed by atoms with E-state index in [1.54, 1.807) is 0 Å². The topological polar surface area (TPSA) is 16.4 Å². The van der Waals surface area contributed by atoms with Crippen LogP contribution in [-0.2, 0) is 16.2 Å². The van der Waals surface area contributed by atoms with Crippen LogP contribution < -0.4 is 4.90 Å². The molecule has 7 aromatic rings. The van der Waals surface area contributed by atoms with E-state index in [-0.39, 0.29) is 16.2 Å². The first-order valence-electron chi connectivity index (χ1n) is 17.5. The van der Waals surface area contributed by atoms with Crippen LogP contribution in [0, 0.1) is 0 Å². The van der Waals surface area contributed by atoms with Crippen LogP contribution in [0.2, 0.25) is 0 Å². The number of furan rings is 1. The molecule has 0 aliphatic heterocycles. The minimum absolute atomic E-state index is 0.0449. The van der Waals surface area contributed by atoms with Crippen molar-refractivity contribution >= 4 is 39.0 Å². The summed E-state index contributed by atoms with van der Waals surface area (Å²) in [5.74, 6) is 0. The zero-order valence-corrected chi connectivity index (χ0v) is 30.0. The molecule has 1 heterocycles. The van der Waals surface area contributed by atoms with E-state index in [2.05, 4.69) is 182 Å². The predicted molar refractivity (Wildman–Crippen MR) is 209 cm³/mol. The molecule has 1 aliphatic rings. The molecule has 49 heavy (non-hydrogen) atoms. The number of hydrogen-bond acceptors (Lipinski definition) is 2. The van der Waals surface area contributed by atoms with Crippen molar-refractivity contribution in [2.45, 2.75) is 71.6 Å². The molecule has 0 atom stereocenters. The molecule has 0 unspecified atom stereocenters. The van der Waals surface area contributed by atoms with Gasteiger partial charge in [-0.1, -0.05) is 140 Å². The van der Waals surface area contributed by atoms with Gasteiger partial charge in [0.15, 0.2) is 0 Å². The minimum atomic E-state index is -0.159. The third-order valence-corrected chi connectivity index (χ3v) is 10.6. The van der Waals surface area contributed by atoms with Gasteiger partial charge in [-0.15, -0.1) is 0 Å². The second-order valence-corrected chi connectivity index (χ2v) is 16.3. The van der Waals surface area contributed by atoms with Crippen molar-refractivity contribution in [2.75, 3.05) is 4.90 Å². The summed E-state index contributed by atoms with van der Waals surface area (Å²) in [5.41, 5.74) is 15.6. The standard InChI is InChI=1S/C47H45NO/c1-45(2,3)32-20-24-38-39(26-32)47(7,8)40-27-33(46(4,5)6)28-41(44(38)40)48(34-21-18-31(19-22-34)30-14-10-9-11-15-30)35-23-25-37-36-16-12-13-17-42(36)49-43(37)29-35/h9-29H,1-8H3. The lowest BCUT2D eigenvalue weighted by molar-refractivity contribution is 0.580. The van der Waals surface area contributed by atoms with Crippen LogP contribution in [0.1, 0.15) is 77.6 Å². The second-order valence-electron chi connectivity index (χ2n) is 16.3. The smallest absolute Gasteiger partial charge is 0.137 e. The predicted octanol–water partition coefficient (Wildman–Crippen LogP) is 13.6. The fraction of sp³-hybridized carbons (Fsp3) is 0.234. The molecule has 0 spiro atoms. The number of para-hydroxylation sites is 1. The first-order chi connectivity index (χ1) is 23.3. The highest BCUT2D eigenvalue weighted by Crippen LogP contribution is 2.56. The van der Waals surface area contributed by atoms with Crippen molar-refractivity contribution in [2.24, 2.45) is 0 Å². The minimum Gasteiger partial charge on any atom is -0.456 e. The van der Waals surface area contributed by atoms with Crippen molar-refractivity contribution in [1.29, 1.82) is 0 Å². The highest BCUT2D eigenvalue weighted by atomic mass is 16.3. The third kappa shape index (κ3) is 5.17. The van der Waals surface area contributed by atoms with E-state index in [9.17, 15) is 0 Å². The summed E-state index contributed by atoms with van der Waals surface area (Å²) in [6, 6.07) is 46.8. The fourth-order valence-electron chi connectivity index (χ4n) is 7.62. The molecule has 8 rings (SSSR count). The number of nitrogens with zero attached hydrogens (tertiary/aromatic N) is 1. The first kappa shape index (κ1) is 31.2. The Morgan fingerprint density at radius 2 is 1.12 bits per heavy atom. The van der Waals surface area contributed by atoms with Gasteiger partial charge in [0.25, 0.3) is 0 Å². The van der Waals surface area contributed by atoms with Crippen LogP contribution in [0.5, 0.6) is 0 Å². The molecule has 0 bridgehead atoms. The zero-order valence-electron chi connectivity index (χ0n) is 30.0. The first-order valence-corrected chi connectivity index (χ1v) is 17.5. The Kier molecular flexibility index (Phi) is 6.99. The lowest BCUT2D eigenvalue weighted by Crippen LogP contribution is -2.20. The average Bonchev–Trinajstić information content (AvgIpc) is 3.56. The van der Waals surface area contributed by atoms with Crippen LogP contribution in [0.4, 0.5) is 17.1 Å². The van der Waals surface area contributed by atoms with Crippen LogP contribution in [-0.4, -0.2) is 0 Å². The van der Waals surface area contributed by atoms with E-state index in [0.29, 0.717) is 0 Å². The molecule has 0 radical (unpaired) electrons. The Morgan fingerprint density at radius 3 is 1.84 bits per heavy atom. The lowest BCUT2D eigenvalue weighted by atomic mass is 9.77. The largest absolute Gasteiger partial charge is 0.456 e. The summed E-state index contributed by atoms with van der Waals surface area (Å²) in [6.45, 7) is 18.7. The van der Waals surface area contributed by atoms with Gasteiger partial charge in [0.2, 0.25) is 0 Å². The molecular weight excluding hydrogens is 595 g/mol. The van der Waals surface area contributed by atoms with E-state index in [1.807, 2.05) is 6.07 Å². The van der Waals surface area contributed by atoms with Gasteiger partial charge in [0.1, 0.15) is 11.2 Å². The van der Waals surface area contributed by atoms with Crippen LogP contribution >= 0.6 is 0 Å². The maximum absolute atomic E-state index is 6.47. The zero-order chi connectivity index (χ0) is 34.3. The van der Waals surface area contributed by atoms with Gasteiger partial charge in [0.05, 0.1) is 5.69 Å². The third-order valence-electron chi connectivity index (χ3n) is 10.6. The summed E-state index contributed by atoms with van der Waals surface area (Å²) >= 11 is 0. The van der Waals surface area contributed by atoms with Crippen molar-refractivity contribution in [3.05, 3.63) is 150 Å². The van der Waals surface area contributed by atoms with Gasteiger partial charge in [0, 0.05) is 39.2 Å². The van der Waals surface area contributed by atoms with Gasteiger partial charge in [-0.3, -0.25) is 0 Å². The molecule has 2 nitrogen and oxygen atoms in total. The molecule has 2 heteroatoms. The van der Waals surface area contributed by atoms with E-state index >= 15 is 0 Å². The molecule has 0 amide bonds.